The Morgan fingerprint density at radius 2 is 0.584 bits per heavy atom. The molecule has 5 aliphatic rings. The summed E-state index contributed by atoms with van der Waals surface area (Å²) in [5, 5.41) is 45.7. The first-order valence-corrected chi connectivity index (χ1v) is 46.6. The number of halogens is 12. The molecule has 0 saturated carbocycles. The fraction of sp³-hybridized carbons (Fsp3) is 0.294. The van der Waals surface area contributed by atoms with E-state index in [4.69, 9.17) is 18.9 Å². The molecule has 149 heavy (non-hydrogen) atoms. The number of hydrogen-bond acceptors (Lipinski definition) is 30. The van der Waals surface area contributed by atoms with Crippen LogP contribution in [0, 0.1) is 11.3 Å². The average molecular weight is 2070 g/mol. The van der Waals surface area contributed by atoms with Gasteiger partial charge < -0.3 is 99.2 Å². The number of aromatic nitrogens is 9. The first-order chi connectivity index (χ1) is 71.2. The van der Waals surface area contributed by atoms with Crippen molar-refractivity contribution in [3.05, 3.63) is 270 Å². The van der Waals surface area contributed by atoms with Crippen LogP contribution in [0.3, 0.4) is 0 Å². The summed E-state index contributed by atoms with van der Waals surface area (Å²) in [5.41, 5.74) is 8.70. The maximum atomic E-state index is 12.9. The molecule has 0 aliphatic carbocycles. The number of rotatable bonds is 18. The molecule has 5 aliphatic heterocycles. The third-order valence-corrected chi connectivity index (χ3v) is 24.6. The lowest BCUT2D eigenvalue weighted by Gasteiger charge is -2.33. The number of benzene rings is 5. The molecule has 0 radical (unpaired) electrons. The van der Waals surface area contributed by atoms with Gasteiger partial charge in [0, 0.05) is 219 Å². The smallest absolute Gasteiger partial charge is 0.504 e. The number of nitrogens with zero attached hydrogens (tertiary/aromatic N) is 15. The van der Waals surface area contributed by atoms with Gasteiger partial charge in [0.05, 0.1) is 90.7 Å². The minimum Gasteiger partial charge on any atom is -0.504 e. The lowest BCUT2D eigenvalue weighted by Crippen LogP contribution is -2.49. The van der Waals surface area contributed by atoms with Crippen LogP contribution in [-0.4, -0.2) is 236 Å². The molecule has 20 rings (SSSR count). The number of anilines is 5. The van der Waals surface area contributed by atoms with Gasteiger partial charge in [0.1, 0.15) is 28.7 Å². The molecular formula is C102H98F12N20O15. The number of methoxy groups -OCH3 is 4. The van der Waals surface area contributed by atoms with Gasteiger partial charge in [-0.25, -0.2) is 19.9 Å². The van der Waals surface area contributed by atoms with Gasteiger partial charge >= 0.3 is 25.4 Å². The zero-order chi connectivity index (χ0) is 106. The number of alkyl halides is 12. The molecule has 0 unspecified atom stereocenters. The highest BCUT2D eigenvalue weighted by atomic mass is 19.4. The number of ether oxygens (including phenoxy) is 8. The quantitative estimate of drug-likeness (QED) is 0.0392. The van der Waals surface area contributed by atoms with Gasteiger partial charge in [-0.1, -0.05) is 6.07 Å². The Balaban J connectivity index is 0.000000133. The SMILES string of the molecule is COc1ccc(-c2cc(=O)n3cc(N4CCNCC4)ccc3c2C#N)cc1OC.COc1ccc(-c2cc(=O)n3cc(N4CCNCC4)ccc3n2)cc1OC(F)(F)F.COc1ccc(-c2cc(=O)n3cc(N4CCN[C@@H](C)C4)ccc3n2)cc1OC(F)(F)F.C[C@H]1CN(c2ccc3nc(-c4ccc(O)c(OC(F)(F)F)c4)cc(=O)n3c2)CCN1.O=c1cc(-c2ccc(O)c(OC(F)(F)F)c2)nc2ccc(N3CCNCC3)cn12. The molecule has 0 bridgehead atoms. The minimum atomic E-state index is -4.95. The molecular weight excluding hydrogens is 1970 g/mol. The van der Waals surface area contributed by atoms with E-state index in [0.717, 1.165) is 188 Å². The van der Waals surface area contributed by atoms with E-state index >= 15 is 0 Å². The molecule has 15 heterocycles. The molecule has 0 spiro atoms. The monoisotopic (exact) mass is 2070 g/mol. The van der Waals surface area contributed by atoms with Gasteiger partial charge in [-0.15, -0.1) is 52.7 Å². The van der Waals surface area contributed by atoms with Crippen LogP contribution in [0.2, 0.25) is 0 Å². The zero-order valence-electron chi connectivity index (χ0n) is 80.5. The van der Waals surface area contributed by atoms with Gasteiger partial charge in [0.2, 0.25) is 0 Å². The number of phenols is 2. The van der Waals surface area contributed by atoms with Crippen molar-refractivity contribution >= 4 is 56.5 Å². The largest absolute Gasteiger partial charge is 0.573 e. The summed E-state index contributed by atoms with van der Waals surface area (Å²) >= 11 is 0. The van der Waals surface area contributed by atoms with Crippen LogP contribution >= 0.6 is 0 Å². The molecule has 35 nitrogen and oxygen atoms in total. The molecule has 10 aromatic heterocycles. The lowest BCUT2D eigenvalue weighted by atomic mass is 9.99. The highest BCUT2D eigenvalue weighted by molar-refractivity contribution is 5.81. The predicted molar refractivity (Wildman–Crippen MR) is 532 cm³/mol. The van der Waals surface area contributed by atoms with Crippen molar-refractivity contribution < 1.29 is 101 Å². The number of hydrogen-bond donors (Lipinski definition) is 7. The first-order valence-electron chi connectivity index (χ1n) is 46.6. The molecule has 5 aromatic carbocycles. The van der Waals surface area contributed by atoms with Gasteiger partial charge in [0.25, 0.3) is 27.8 Å². The number of piperazine rings is 5. The summed E-state index contributed by atoms with van der Waals surface area (Å²) < 4.78 is 195. The second-order valence-electron chi connectivity index (χ2n) is 34.6. The Morgan fingerprint density at radius 3 is 0.899 bits per heavy atom. The first kappa shape index (κ1) is 105. The number of aromatic hydroxyl groups is 2. The maximum Gasteiger partial charge on any atom is 0.573 e. The molecule has 780 valence electrons. The fourth-order valence-electron chi connectivity index (χ4n) is 17.5. The van der Waals surface area contributed by atoms with Crippen LogP contribution in [0.25, 0.3) is 84.3 Å². The number of pyridine rings is 6. The van der Waals surface area contributed by atoms with Crippen LogP contribution in [0.15, 0.2) is 237 Å². The van der Waals surface area contributed by atoms with Crippen LogP contribution in [0.5, 0.6) is 57.5 Å². The van der Waals surface area contributed by atoms with Crippen LogP contribution < -0.4 is 117 Å². The molecule has 5 saturated heterocycles. The highest BCUT2D eigenvalue weighted by Crippen LogP contribution is 2.42. The molecule has 0 amide bonds. The van der Waals surface area contributed by atoms with E-state index in [1.165, 1.54) is 98.6 Å². The van der Waals surface area contributed by atoms with E-state index in [0.29, 0.717) is 73.9 Å². The third-order valence-electron chi connectivity index (χ3n) is 24.6. The number of fused-ring (bicyclic) bond motifs is 5. The summed E-state index contributed by atoms with van der Waals surface area (Å²) in [6.45, 7) is 19.5. The van der Waals surface area contributed by atoms with E-state index in [1.807, 2.05) is 48.7 Å². The van der Waals surface area contributed by atoms with E-state index in [2.05, 4.69) is 110 Å². The Morgan fingerprint density at radius 1 is 0.315 bits per heavy atom. The summed E-state index contributed by atoms with van der Waals surface area (Å²) in [7, 11) is 5.61. The van der Waals surface area contributed by atoms with Crippen molar-refractivity contribution in [3.8, 4) is 120 Å². The summed E-state index contributed by atoms with van der Waals surface area (Å²) in [6, 6.07) is 47.9. The Labute approximate surface area is 839 Å². The topological polar surface area (TPSA) is 373 Å². The molecule has 15 aromatic rings. The van der Waals surface area contributed by atoms with Crippen LogP contribution in [0.4, 0.5) is 81.1 Å². The van der Waals surface area contributed by atoms with Crippen molar-refractivity contribution in [3.63, 3.8) is 0 Å². The fourth-order valence-corrected chi connectivity index (χ4v) is 17.5. The van der Waals surface area contributed by atoms with Crippen molar-refractivity contribution in [1.82, 2.24) is 68.5 Å². The standard InChI is InChI=1S/C22H22N4O3.C21H21F3N4O3.2C20H19F3N4O3.C19H17F3N4O3/c1-28-20-6-3-15(11-21(20)29-2)17-12-22(27)26-14-16(25-9-7-24-8-10-25)4-5-19(26)18(17)13-23;1-13-11-27(8-7-25-13)15-4-6-19-26-16(10-20(29)28(19)12-15)14-3-5-17(30-2)18(9-14)31-21(22,23)24;1-29-16-4-2-13(10-17(16)30-20(21,22)23)15-11-19(28)27-12-14(3-5-18(27)25-15)26-8-6-24-7-9-26;1-12-10-26(7-6-24-12)14-3-5-18-25-15(9-19(29)27(18)11-14)13-2-4-16(28)17(8-13)30-20(21,22)23;20-19(21,22)29-16-9-12(1-3-15(16)27)14-10-18(28)26-11-13(2-4-17(26)24-14)25-7-5-23-6-8-25/h3-6,11-12,14,24H,7-10H2,1-2H3;3-6,9-10,12-13,25H,7-8,11H2,1-2H3;2-5,10-12,24H,6-9H2,1H3;2-5,8-9,11-12,24,28H,6-7,10H2,1H3;1-4,9-11,23,27H,5-8H2/t;13-;;12-;/m.0.0./s1. The summed E-state index contributed by atoms with van der Waals surface area (Å²) in [6.07, 6.45) is -11.0. The van der Waals surface area contributed by atoms with Crippen molar-refractivity contribution in [2.24, 2.45) is 0 Å². The van der Waals surface area contributed by atoms with E-state index < -0.39 is 59.9 Å². The Bertz CT molecular complexity index is 7800. The molecule has 7 N–H and O–H groups in total. The van der Waals surface area contributed by atoms with Crippen molar-refractivity contribution in [2.75, 3.05) is 171 Å². The lowest BCUT2D eigenvalue weighted by molar-refractivity contribution is -0.276. The summed E-state index contributed by atoms with van der Waals surface area (Å²) in [5.74, 6) is -2.86. The maximum absolute atomic E-state index is 12.9. The van der Waals surface area contributed by atoms with Gasteiger partial charge in [-0.2, -0.15) is 5.26 Å². The molecule has 47 heteroatoms. The van der Waals surface area contributed by atoms with Gasteiger partial charge in [-0.05, 0) is 165 Å². The van der Waals surface area contributed by atoms with E-state index in [9.17, 15) is 92.1 Å². The number of nitriles is 1. The normalized spacial score (nSPS) is 15.6. The third kappa shape index (κ3) is 25.9. The Kier molecular flexibility index (Phi) is 31.9. The number of phenolic OH excluding ortho intramolecular Hbond substituents is 2. The molecule has 2 atom stereocenters. The van der Waals surface area contributed by atoms with Gasteiger partial charge in [0.15, 0.2) is 57.5 Å². The van der Waals surface area contributed by atoms with E-state index in [1.54, 1.807) is 79.8 Å². The second kappa shape index (κ2) is 45.2. The summed E-state index contributed by atoms with van der Waals surface area (Å²) in [4.78, 5) is 92.3. The van der Waals surface area contributed by atoms with Crippen molar-refractivity contribution in [2.45, 2.75) is 51.4 Å². The second-order valence-corrected chi connectivity index (χ2v) is 34.6. The zero-order valence-corrected chi connectivity index (χ0v) is 80.5. The van der Waals surface area contributed by atoms with Gasteiger partial charge in [-0.3, -0.25) is 46.0 Å². The molecule has 5 fully saturated rings. The van der Waals surface area contributed by atoms with Crippen LogP contribution in [-0.2, 0) is 0 Å². The Hall–Kier alpha value is -16.6. The van der Waals surface area contributed by atoms with Crippen LogP contribution in [0.1, 0.15) is 19.4 Å². The minimum absolute atomic E-state index is 0.0748. The van der Waals surface area contributed by atoms with E-state index in [-0.39, 0.29) is 73.2 Å². The predicted octanol–water partition coefficient (Wildman–Crippen LogP) is 13.1. The number of nitrogens with one attached hydrogen (secondary N) is 5. The average Bonchev–Trinajstić information content (AvgIpc) is 0.766. The van der Waals surface area contributed by atoms with Crippen molar-refractivity contribution in [1.29, 1.82) is 5.26 Å². The highest BCUT2D eigenvalue weighted by Gasteiger charge is 2.37.